The van der Waals surface area contributed by atoms with Gasteiger partial charge in [-0.15, -0.1) is 0 Å². The number of hydrogen-bond acceptors (Lipinski definition) is 4. The topological polar surface area (TPSA) is 67.2 Å². The van der Waals surface area contributed by atoms with Crippen molar-refractivity contribution >= 4 is 23.6 Å². The first-order chi connectivity index (χ1) is 14.9. The van der Waals surface area contributed by atoms with Crippen molar-refractivity contribution in [3.8, 4) is 11.3 Å². The van der Waals surface area contributed by atoms with Crippen LogP contribution in [0.5, 0.6) is 0 Å². The maximum absolute atomic E-state index is 14.3. The standard InChI is InChI=1S/C22H26F2N4O2S/c1-27-13-18(20(26-27)17-7-4-15(23)12-19(17)24)21(29)25-16-5-2-14(3-6-16)22(30)28-8-10-31-11-9-28/h4,7,12-14,16H,2-3,5-6,8-11H2,1H3,(H,25,29). The van der Waals surface area contributed by atoms with Crippen molar-refractivity contribution in [2.24, 2.45) is 13.0 Å². The second-order valence-electron chi connectivity index (χ2n) is 8.15. The zero-order chi connectivity index (χ0) is 22.0. The van der Waals surface area contributed by atoms with Crippen LogP contribution in [0.1, 0.15) is 36.0 Å². The summed E-state index contributed by atoms with van der Waals surface area (Å²) in [5, 5.41) is 7.23. The number of nitrogens with zero attached hydrogens (tertiary/aromatic N) is 3. The van der Waals surface area contributed by atoms with Gasteiger partial charge in [0, 0.05) is 61.4 Å². The summed E-state index contributed by atoms with van der Waals surface area (Å²) in [6.07, 6.45) is 4.49. The molecule has 6 nitrogen and oxygen atoms in total. The molecule has 0 unspecified atom stereocenters. The molecule has 2 heterocycles. The Morgan fingerprint density at radius 1 is 1.13 bits per heavy atom. The molecule has 2 amide bonds. The number of amides is 2. The van der Waals surface area contributed by atoms with Crippen LogP contribution in [-0.2, 0) is 11.8 Å². The van der Waals surface area contributed by atoms with Crippen molar-refractivity contribution < 1.29 is 18.4 Å². The average molecular weight is 449 g/mol. The normalized spacial score (nSPS) is 21.7. The Morgan fingerprint density at radius 2 is 1.84 bits per heavy atom. The predicted octanol–water partition coefficient (Wildman–Crippen LogP) is 3.23. The lowest BCUT2D eigenvalue weighted by molar-refractivity contribution is -0.136. The van der Waals surface area contributed by atoms with Crippen LogP contribution in [0.2, 0.25) is 0 Å². The molecule has 1 saturated carbocycles. The summed E-state index contributed by atoms with van der Waals surface area (Å²) in [5.74, 6) is 0.485. The average Bonchev–Trinajstić information content (AvgIpc) is 3.16. The van der Waals surface area contributed by atoms with Gasteiger partial charge in [0.15, 0.2) is 0 Å². The second kappa shape index (κ2) is 9.38. The van der Waals surface area contributed by atoms with E-state index < -0.39 is 11.6 Å². The molecule has 1 N–H and O–H groups in total. The van der Waals surface area contributed by atoms with E-state index in [4.69, 9.17) is 0 Å². The van der Waals surface area contributed by atoms with Crippen LogP contribution in [0.15, 0.2) is 24.4 Å². The van der Waals surface area contributed by atoms with Crippen LogP contribution in [0, 0.1) is 17.6 Å². The molecule has 0 spiro atoms. The molecule has 1 aliphatic carbocycles. The van der Waals surface area contributed by atoms with Gasteiger partial charge in [0.05, 0.1) is 5.56 Å². The molecule has 1 aromatic carbocycles. The fourth-order valence-corrected chi connectivity index (χ4v) is 5.23. The third kappa shape index (κ3) is 4.92. The van der Waals surface area contributed by atoms with E-state index in [2.05, 4.69) is 10.4 Å². The highest BCUT2D eigenvalue weighted by Crippen LogP contribution is 2.29. The van der Waals surface area contributed by atoms with E-state index >= 15 is 0 Å². The number of hydrogen-bond donors (Lipinski definition) is 1. The van der Waals surface area contributed by atoms with E-state index in [-0.39, 0.29) is 40.6 Å². The fraction of sp³-hybridized carbons (Fsp3) is 0.500. The number of carbonyl (C=O) groups is 2. The van der Waals surface area contributed by atoms with Crippen LogP contribution >= 0.6 is 11.8 Å². The molecule has 1 aromatic heterocycles. The predicted molar refractivity (Wildman–Crippen MR) is 116 cm³/mol. The van der Waals surface area contributed by atoms with Crippen molar-refractivity contribution in [1.82, 2.24) is 20.0 Å². The number of thioether (sulfide) groups is 1. The summed E-state index contributed by atoms with van der Waals surface area (Å²) < 4.78 is 29.0. The summed E-state index contributed by atoms with van der Waals surface area (Å²) >= 11 is 1.88. The molecule has 4 rings (SSSR count). The number of nitrogens with one attached hydrogen (secondary N) is 1. The summed E-state index contributed by atoms with van der Waals surface area (Å²) in [5.41, 5.74) is 0.516. The minimum atomic E-state index is -0.761. The first kappa shape index (κ1) is 21.8. The zero-order valence-electron chi connectivity index (χ0n) is 17.4. The molecule has 2 aliphatic rings. The first-order valence-electron chi connectivity index (χ1n) is 10.6. The van der Waals surface area contributed by atoms with Crippen LogP contribution in [-0.4, -0.2) is 57.1 Å². The highest BCUT2D eigenvalue weighted by Gasteiger charge is 2.31. The number of carbonyl (C=O) groups excluding carboxylic acids is 2. The largest absolute Gasteiger partial charge is 0.349 e. The molecule has 166 valence electrons. The van der Waals surface area contributed by atoms with E-state index in [0.29, 0.717) is 0 Å². The van der Waals surface area contributed by atoms with Gasteiger partial charge in [-0.25, -0.2) is 8.78 Å². The number of benzene rings is 1. The molecule has 0 radical (unpaired) electrons. The van der Waals surface area contributed by atoms with Crippen LogP contribution in [0.25, 0.3) is 11.3 Å². The van der Waals surface area contributed by atoms with Crippen LogP contribution < -0.4 is 5.32 Å². The van der Waals surface area contributed by atoms with Gasteiger partial charge >= 0.3 is 0 Å². The van der Waals surface area contributed by atoms with Crippen molar-refractivity contribution in [2.45, 2.75) is 31.7 Å². The molecule has 31 heavy (non-hydrogen) atoms. The molecule has 0 atom stereocenters. The monoisotopic (exact) mass is 448 g/mol. The summed E-state index contributed by atoms with van der Waals surface area (Å²) in [4.78, 5) is 27.6. The number of aromatic nitrogens is 2. The van der Waals surface area contributed by atoms with Gasteiger partial charge < -0.3 is 10.2 Å². The van der Waals surface area contributed by atoms with E-state index in [1.165, 1.54) is 16.9 Å². The summed E-state index contributed by atoms with van der Waals surface area (Å²) in [6, 6.07) is 3.18. The highest BCUT2D eigenvalue weighted by atomic mass is 32.2. The summed E-state index contributed by atoms with van der Waals surface area (Å²) in [6.45, 7) is 1.65. The quantitative estimate of drug-likeness (QED) is 0.780. The fourth-order valence-electron chi connectivity index (χ4n) is 4.32. The molecular weight excluding hydrogens is 422 g/mol. The van der Waals surface area contributed by atoms with Crippen molar-refractivity contribution in [1.29, 1.82) is 0 Å². The number of rotatable bonds is 4. The molecule has 1 aliphatic heterocycles. The van der Waals surface area contributed by atoms with Gasteiger partial charge in [-0.1, -0.05) is 0 Å². The third-order valence-electron chi connectivity index (χ3n) is 5.99. The van der Waals surface area contributed by atoms with Crippen LogP contribution in [0.3, 0.4) is 0 Å². The minimum Gasteiger partial charge on any atom is -0.349 e. The van der Waals surface area contributed by atoms with Gasteiger partial charge in [-0.05, 0) is 37.8 Å². The van der Waals surface area contributed by atoms with E-state index in [9.17, 15) is 18.4 Å². The molecule has 2 aromatic rings. The van der Waals surface area contributed by atoms with Gasteiger partial charge in [0.1, 0.15) is 17.3 Å². The lowest BCUT2D eigenvalue weighted by Gasteiger charge is -2.34. The Kier molecular flexibility index (Phi) is 6.60. The Bertz CT molecular complexity index is 966. The van der Waals surface area contributed by atoms with E-state index in [1.807, 2.05) is 16.7 Å². The first-order valence-corrected chi connectivity index (χ1v) is 11.7. The van der Waals surface area contributed by atoms with E-state index in [1.54, 1.807) is 7.05 Å². The third-order valence-corrected chi connectivity index (χ3v) is 6.94. The Balaban J connectivity index is 1.39. The second-order valence-corrected chi connectivity index (χ2v) is 9.37. The Morgan fingerprint density at radius 3 is 2.52 bits per heavy atom. The molecule has 9 heteroatoms. The van der Waals surface area contributed by atoms with Gasteiger partial charge in [0.25, 0.3) is 5.91 Å². The highest BCUT2D eigenvalue weighted by molar-refractivity contribution is 7.99. The maximum Gasteiger partial charge on any atom is 0.255 e. The number of halogens is 2. The molecule has 0 bridgehead atoms. The van der Waals surface area contributed by atoms with Crippen molar-refractivity contribution in [3.63, 3.8) is 0 Å². The van der Waals surface area contributed by atoms with Gasteiger partial charge in [-0.3, -0.25) is 14.3 Å². The lowest BCUT2D eigenvalue weighted by atomic mass is 9.85. The van der Waals surface area contributed by atoms with Crippen molar-refractivity contribution in [3.05, 3.63) is 41.6 Å². The smallest absolute Gasteiger partial charge is 0.255 e. The molecular formula is C22H26F2N4O2S. The minimum absolute atomic E-state index is 0.0264. The Labute approximate surface area is 184 Å². The molecule has 1 saturated heterocycles. The SMILES string of the molecule is Cn1cc(C(=O)NC2CCC(C(=O)N3CCSCC3)CC2)c(-c2ccc(F)cc2F)n1. The zero-order valence-corrected chi connectivity index (χ0v) is 18.3. The van der Waals surface area contributed by atoms with E-state index in [0.717, 1.165) is 62.4 Å². The number of aryl methyl sites for hydroxylation is 1. The molecule has 2 fully saturated rings. The van der Waals surface area contributed by atoms with Crippen molar-refractivity contribution in [2.75, 3.05) is 24.6 Å². The van der Waals surface area contributed by atoms with Gasteiger partial charge in [-0.2, -0.15) is 16.9 Å². The Hall–Kier alpha value is -2.42. The maximum atomic E-state index is 14.3. The summed E-state index contributed by atoms with van der Waals surface area (Å²) in [7, 11) is 1.65. The van der Waals surface area contributed by atoms with Gasteiger partial charge in [0.2, 0.25) is 5.91 Å². The van der Waals surface area contributed by atoms with Crippen LogP contribution in [0.4, 0.5) is 8.78 Å². The lowest BCUT2D eigenvalue weighted by Crippen LogP contribution is -2.44.